The van der Waals surface area contributed by atoms with Crippen molar-refractivity contribution in [3.05, 3.63) is 60.3 Å². The van der Waals surface area contributed by atoms with E-state index in [1.54, 1.807) is 13.0 Å². The molecule has 0 aliphatic carbocycles. The van der Waals surface area contributed by atoms with Crippen molar-refractivity contribution in [2.45, 2.75) is 19.8 Å². The number of aromatic nitrogens is 1. The maximum Gasteiger partial charge on any atom is 0.306 e. The monoisotopic (exact) mass is 349 g/mol. The van der Waals surface area contributed by atoms with Crippen LogP contribution >= 0.6 is 0 Å². The fraction of sp³-hybridized carbons (Fsp3) is 0.190. The first-order chi connectivity index (χ1) is 12.6. The van der Waals surface area contributed by atoms with Crippen LogP contribution in [0.2, 0.25) is 0 Å². The second-order valence-electron chi connectivity index (χ2n) is 5.85. The maximum atomic E-state index is 12.3. The van der Waals surface area contributed by atoms with Crippen LogP contribution in [0.5, 0.6) is 5.75 Å². The Bertz CT molecular complexity index is 965. The van der Waals surface area contributed by atoms with Crippen LogP contribution in [0.4, 0.5) is 0 Å². The van der Waals surface area contributed by atoms with E-state index >= 15 is 0 Å². The summed E-state index contributed by atoms with van der Waals surface area (Å²) < 4.78 is 4.82. The summed E-state index contributed by atoms with van der Waals surface area (Å²) in [6.07, 6.45) is -0.0887. The minimum absolute atomic E-state index is 0.0278. The van der Waals surface area contributed by atoms with E-state index in [2.05, 4.69) is 4.98 Å². The van der Waals surface area contributed by atoms with Crippen LogP contribution in [0.3, 0.4) is 0 Å². The van der Waals surface area contributed by atoms with E-state index in [9.17, 15) is 14.7 Å². The lowest BCUT2D eigenvalue weighted by atomic mass is 10.0. The van der Waals surface area contributed by atoms with Gasteiger partial charge in [0.2, 0.25) is 0 Å². The number of carbonyl (C=O) groups excluding carboxylic acids is 2. The summed E-state index contributed by atoms with van der Waals surface area (Å²) in [5.74, 6) is -1.02. The molecule has 1 aromatic heterocycles. The minimum atomic E-state index is -0.439. The van der Waals surface area contributed by atoms with Gasteiger partial charge in [-0.2, -0.15) is 0 Å². The van der Waals surface area contributed by atoms with E-state index in [-0.39, 0.29) is 30.9 Å². The van der Waals surface area contributed by atoms with Crippen molar-refractivity contribution in [2.24, 2.45) is 0 Å². The molecule has 3 rings (SSSR count). The molecule has 0 spiro atoms. The van der Waals surface area contributed by atoms with Gasteiger partial charge in [-0.05, 0) is 35.9 Å². The average molecular weight is 349 g/mol. The number of aromatic hydroxyl groups is 1. The Labute approximate surface area is 151 Å². The highest BCUT2D eigenvalue weighted by atomic mass is 16.5. The third kappa shape index (κ3) is 3.88. The lowest BCUT2D eigenvalue weighted by Crippen LogP contribution is -2.09. The Balaban J connectivity index is 1.86. The molecule has 1 N–H and O–H groups in total. The molecule has 0 atom stereocenters. The number of hydrogen-bond donors (Lipinski definition) is 1. The van der Waals surface area contributed by atoms with E-state index < -0.39 is 11.8 Å². The Hall–Kier alpha value is -3.21. The maximum absolute atomic E-state index is 12.3. The molecule has 2 aromatic carbocycles. The summed E-state index contributed by atoms with van der Waals surface area (Å²) in [7, 11) is 0. The lowest BCUT2D eigenvalue weighted by molar-refractivity contribution is -0.143. The molecule has 0 radical (unpaired) electrons. The van der Waals surface area contributed by atoms with Gasteiger partial charge in [0.1, 0.15) is 11.4 Å². The first-order valence-electron chi connectivity index (χ1n) is 8.46. The van der Waals surface area contributed by atoms with Crippen LogP contribution < -0.4 is 0 Å². The Morgan fingerprint density at radius 1 is 1.00 bits per heavy atom. The van der Waals surface area contributed by atoms with Crippen molar-refractivity contribution in [3.63, 3.8) is 0 Å². The number of pyridine rings is 1. The molecule has 0 bridgehead atoms. The van der Waals surface area contributed by atoms with Gasteiger partial charge < -0.3 is 9.84 Å². The van der Waals surface area contributed by atoms with Gasteiger partial charge >= 0.3 is 5.97 Å². The zero-order valence-corrected chi connectivity index (χ0v) is 14.4. The fourth-order valence-corrected chi connectivity index (χ4v) is 2.73. The summed E-state index contributed by atoms with van der Waals surface area (Å²) in [6, 6.07) is 17.0. The summed E-state index contributed by atoms with van der Waals surface area (Å²) in [5.41, 5.74) is 1.41. The molecule has 132 valence electrons. The zero-order chi connectivity index (χ0) is 18.5. The molecule has 0 aliphatic rings. The molecular formula is C21H19NO4. The summed E-state index contributed by atoms with van der Waals surface area (Å²) >= 11 is 0. The van der Waals surface area contributed by atoms with Gasteiger partial charge in [-0.25, -0.2) is 4.98 Å². The number of Topliss-reactive ketones (excluding diaryl/α,β-unsaturated/α-hetero) is 1. The van der Waals surface area contributed by atoms with Crippen molar-refractivity contribution in [1.82, 2.24) is 4.98 Å². The highest BCUT2D eigenvalue weighted by molar-refractivity contribution is 5.98. The van der Waals surface area contributed by atoms with Crippen LogP contribution in [-0.2, 0) is 9.53 Å². The predicted molar refractivity (Wildman–Crippen MR) is 99.0 cm³/mol. The Morgan fingerprint density at radius 3 is 2.54 bits per heavy atom. The Morgan fingerprint density at radius 2 is 1.77 bits per heavy atom. The standard InChI is InChI=1S/C21H19NO4/c1-2-26-20(25)12-11-19(24)21-18(23)10-9-17(22-21)16-8-7-14-5-3-4-6-15(14)13-16/h3-10,13,23H,2,11-12H2,1H3. The first-order valence-corrected chi connectivity index (χ1v) is 8.46. The second kappa shape index (κ2) is 7.78. The molecule has 1 heterocycles. The zero-order valence-electron chi connectivity index (χ0n) is 14.4. The molecule has 0 amide bonds. The van der Waals surface area contributed by atoms with Crippen molar-refractivity contribution in [2.75, 3.05) is 6.61 Å². The van der Waals surface area contributed by atoms with Gasteiger partial charge in [-0.3, -0.25) is 9.59 Å². The normalized spacial score (nSPS) is 10.7. The molecule has 0 fully saturated rings. The van der Waals surface area contributed by atoms with E-state index in [1.807, 2.05) is 42.5 Å². The van der Waals surface area contributed by atoms with Gasteiger partial charge in [0.15, 0.2) is 5.78 Å². The van der Waals surface area contributed by atoms with Gasteiger partial charge in [0, 0.05) is 12.0 Å². The largest absolute Gasteiger partial charge is 0.506 e. The number of carbonyl (C=O) groups is 2. The summed E-state index contributed by atoms with van der Waals surface area (Å²) in [4.78, 5) is 28.1. The number of fused-ring (bicyclic) bond motifs is 1. The second-order valence-corrected chi connectivity index (χ2v) is 5.85. The molecule has 0 saturated carbocycles. The number of ether oxygens (including phenoxy) is 1. The summed E-state index contributed by atoms with van der Waals surface area (Å²) in [6.45, 7) is 1.98. The van der Waals surface area contributed by atoms with Gasteiger partial charge in [-0.15, -0.1) is 0 Å². The molecule has 0 unspecified atom stereocenters. The molecule has 5 nitrogen and oxygen atoms in total. The number of esters is 1. The SMILES string of the molecule is CCOC(=O)CCC(=O)c1nc(-c2ccc3ccccc3c2)ccc1O. The van der Waals surface area contributed by atoms with Crippen LogP contribution in [0.15, 0.2) is 54.6 Å². The smallest absolute Gasteiger partial charge is 0.306 e. The van der Waals surface area contributed by atoms with Crippen LogP contribution in [0, 0.1) is 0 Å². The number of benzene rings is 2. The van der Waals surface area contributed by atoms with Crippen molar-refractivity contribution in [3.8, 4) is 17.0 Å². The number of ketones is 1. The van der Waals surface area contributed by atoms with Crippen LogP contribution in [-0.4, -0.2) is 28.4 Å². The van der Waals surface area contributed by atoms with Crippen molar-refractivity contribution >= 4 is 22.5 Å². The van der Waals surface area contributed by atoms with Gasteiger partial charge in [-0.1, -0.05) is 36.4 Å². The molecule has 5 heteroatoms. The van der Waals surface area contributed by atoms with E-state index in [1.165, 1.54) is 6.07 Å². The molecule has 3 aromatic rings. The van der Waals surface area contributed by atoms with Gasteiger partial charge in [0.05, 0.1) is 18.7 Å². The minimum Gasteiger partial charge on any atom is -0.506 e. The van der Waals surface area contributed by atoms with Gasteiger partial charge in [0.25, 0.3) is 0 Å². The lowest BCUT2D eigenvalue weighted by Gasteiger charge is -2.08. The molecular weight excluding hydrogens is 330 g/mol. The van der Waals surface area contributed by atoms with Crippen molar-refractivity contribution < 1.29 is 19.4 Å². The third-order valence-corrected chi connectivity index (χ3v) is 4.04. The van der Waals surface area contributed by atoms with E-state index in [0.29, 0.717) is 5.69 Å². The topological polar surface area (TPSA) is 76.5 Å². The van der Waals surface area contributed by atoms with E-state index in [0.717, 1.165) is 16.3 Å². The highest BCUT2D eigenvalue weighted by Crippen LogP contribution is 2.26. The van der Waals surface area contributed by atoms with Crippen LogP contribution in [0.1, 0.15) is 30.3 Å². The molecule has 0 saturated heterocycles. The molecule has 0 aliphatic heterocycles. The number of nitrogens with zero attached hydrogens (tertiary/aromatic N) is 1. The average Bonchev–Trinajstić information content (AvgIpc) is 2.66. The number of hydrogen-bond acceptors (Lipinski definition) is 5. The highest BCUT2D eigenvalue weighted by Gasteiger charge is 2.16. The first kappa shape index (κ1) is 17.6. The van der Waals surface area contributed by atoms with Crippen LogP contribution in [0.25, 0.3) is 22.0 Å². The summed E-state index contributed by atoms with van der Waals surface area (Å²) in [5, 5.41) is 12.2. The molecule has 26 heavy (non-hydrogen) atoms. The third-order valence-electron chi connectivity index (χ3n) is 4.04. The van der Waals surface area contributed by atoms with Crippen molar-refractivity contribution in [1.29, 1.82) is 0 Å². The number of rotatable bonds is 6. The predicted octanol–water partition coefficient (Wildman–Crippen LogP) is 4.13. The quantitative estimate of drug-likeness (QED) is 0.535. The van der Waals surface area contributed by atoms with E-state index in [4.69, 9.17) is 4.74 Å². The Kier molecular flexibility index (Phi) is 5.27. The fourth-order valence-electron chi connectivity index (χ4n) is 2.73.